The largest absolute Gasteiger partial charge is 1.00 e. The third kappa shape index (κ3) is 15.2. The smallest absolute Gasteiger partial charge is 0.547 e. The predicted molar refractivity (Wildman–Crippen MR) is 100 cm³/mol. The normalized spacial score (nSPS) is 13.3. The SMILES string of the molecule is CC(C)CCCCCCCCCCCCCCC(=O)C(C)(O)C(=O)[O-].[Na+]. The van der Waals surface area contributed by atoms with Gasteiger partial charge in [-0.15, -0.1) is 0 Å². The summed E-state index contributed by atoms with van der Waals surface area (Å²) in [5.74, 6) is -1.53. The molecule has 0 fully saturated rings. The molecule has 0 aromatic heterocycles. The molecule has 0 aliphatic rings. The first-order valence-corrected chi connectivity index (χ1v) is 10.3. The van der Waals surface area contributed by atoms with Crippen molar-refractivity contribution in [3.8, 4) is 0 Å². The summed E-state index contributed by atoms with van der Waals surface area (Å²) >= 11 is 0. The summed E-state index contributed by atoms with van der Waals surface area (Å²) in [6.45, 7) is 5.57. The molecule has 0 bridgehead atoms. The third-order valence-electron chi connectivity index (χ3n) is 4.88. The maximum absolute atomic E-state index is 11.6. The van der Waals surface area contributed by atoms with Crippen molar-refractivity contribution >= 4 is 11.8 Å². The molecule has 0 radical (unpaired) electrons. The van der Waals surface area contributed by atoms with Crippen LogP contribution in [-0.2, 0) is 9.59 Å². The van der Waals surface area contributed by atoms with Crippen LogP contribution in [-0.4, -0.2) is 22.5 Å². The predicted octanol–water partition coefficient (Wildman–Crippen LogP) is 1.18. The summed E-state index contributed by atoms with van der Waals surface area (Å²) in [7, 11) is 0. The van der Waals surface area contributed by atoms with E-state index in [1.54, 1.807) is 0 Å². The van der Waals surface area contributed by atoms with E-state index in [1.165, 1.54) is 64.2 Å². The van der Waals surface area contributed by atoms with Gasteiger partial charge in [0.15, 0.2) is 11.4 Å². The van der Waals surface area contributed by atoms with E-state index in [0.29, 0.717) is 6.42 Å². The Morgan fingerprint density at radius 3 is 1.50 bits per heavy atom. The number of aliphatic carboxylic acids is 1. The van der Waals surface area contributed by atoms with Gasteiger partial charge in [0.25, 0.3) is 0 Å². The minimum absolute atomic E-state index is 0. The molecule has 0 aliphatic heterocycles. The standard InChI is InChI=1S/C21H40O4.Na/c1-18(2)16-14-12-10-8-6-4-5-7-9-11-13-15-17-19(22)21(3,25)20(23)24;/h18,25H,4-17H2,1-3H3,(H,23,24);/q;+1/p-1. The Morgan fingerprint density at radius 1 is 0.808 bits per heavy atom. The molecular formula is C21H39NaO4. The first kappa shape index (κ1) is 28.3. The van der Waals surface area contributed by atoms with Crippen LogP contribution in [0.15, 0.2) is 0 Å². The molecule has 1 unspecified atom stereocenters. The summed E-state index contributed by atoms with van der Waals surface area (Å²) in [5.41, 5.74) is -2.34. The van der Waals surface area contributed by atoms with E-state index in [4.69, 9.17) is 0 Å². The number of unbranched alkanes of at least 4 members (excludes halogenated alkanes) is 11. The molecule has 0 aromatic rings. The van der Waals surface area contributed by atoms with Gasteiger partial charge in [-0.1, -0.05) is 90.9 Å². The van der Waals surface area contributed by atoms with Crippen LogP contribution in [0.25, 0.3) is 0 Å². The van der Waals surface area contributed by atoms with Crippen molar-refractivity contribution in [2.24, 2.45) is 5.92 Å². The van der Waals surface area contributed by atoms with Crippen LogP contribution in [0.3, 0.4) is 0 Å². The van der Waals surface area contributed by atoms with Gasteiger partial charge in [-0.25, -0.2) is 0 Å². The molecule has 0 spiro atoms. The molecule has 1 atom stereocenters. The fourth-order valence-corrected chi connectivity index (χ4v) is 2.96. The van der Waals surface area contributed by atoms with Crippen molar-refractivity contribution in [1.29, 1.82) is 0 Å². The molecular weight excluding hydrogens is 339 g/mol. The van der Waals surface area contributed by atoms with Gasteiger partial charge in [-0.2, -0.15) is 0 Å². The van der Waals surface area contributed by atoms with Crippen LogP contribution in [0.4, 0.5) is 0 Å². The molecule has 5 heteroatoms. The third-order valence-corrected chi connectivity index (χ3v) is 4.88. The Labute approximate surface area is 182 Å². The molecule has 0 saturated heterocycles. The number of carbonyl (C=O) groups is 2. The number of Topliss-reactive ketones (excluding diaryl/α,β-unsaturated/α-hetero) is 1. The van der Waals surface area contributed by atoms with Crippen LogP contribution in [0.2, 0.25) is 0 Å². The fraction of sp³-hybridized carbons (Fsp3) is 0.905. The van der Waals surface area contributed by atoms with E-state index in [-0.39, 0.29) is 36.0 Å². The number of aliphatic hydroxyl groups is 1. The van der Waals surface area contributed by atoms with Crippen molar-refractivity contribution in [2.75, 3.05) is 0 Å². The molecule has 26 heavy (non-hydrogen) atoms. The van der Waals surface area contributed by atoms with E-state index < -0.39 is 17.4 Å². The van der Waals surface area contributed by atoms with Crippen LogP contribution >= 0.6 is 0 Å². The van der Waals surface area contributed by atoms with E-state index in [0.717, 1.165) is 25.7 Å². The number of carbonyl (C=O) groups excluding carboxylic acids is 2. The number of hydrogen-bond donors (Lipinski definition) is 1. The molecule has 0 heterocycles. The van der Waals surface area contributed by atoms with Gasteiger partial charge in [-0.3, -0.25) is 4.79 Å². The summed E-state index contributed by atoms with van der Waals surface area (Å²) in [4.78, 5) is 22.2. The second-order valence-corrected chi connectivity index (χ2v) is 7.96. The summed E-state index contributed by atoms with van der Waals surface area (Å²) in [6.07, 6.45) is 15.9. The topological polar surface area (TPSA) is 77.4 Å². The quantitative estimate of drug-likeness (QED) is 0.234. The first-order valence-electron chi connectivity index (χ1n) is 10.3. The van der Waals surface area contributed by atoms with E-state index in [9.17, 15) is 19.8 Å². The van der Waals surface area contributed by atoms with Crippen molar-refractivity contribution in [2.45, 2.75) is 116 Å². The van der Waals surface area contributed by atoms with E-state index in [2.05, 4.69) is 13.8 Å². The zero-order valence-corrected chi connectivity index (χ0v) is 19.6. The average Bonchev–Trinajstić information content (AvgIpc) is 2.54. The van der Waals surface area contributed by atoms with E-state index >= 15 is 0 Å². The molecule has 0 aromatic carbocycles. The van der Waals surface area contributed by atoms with Crippen LogP contribution in [0.5, 0.6) is 0 Å². The Bertz CT molecular complexity index is 367. The van der Waals surface area contributed by atoms with Gasteiger partial charge < -0.3 is 15.0 Å². The minimum Gasteiger partial charge on any atom is -0.547 e. The fourth-order valence-electron chi connectivity index (χ4n) is 2.96. The number of ketones is 1. The van der Waals surface area contributed by atoms with Crippen molar-refractivity contribution in [1.82, 2.24) is 0 Å². The number of rotatable bonds is 17. The van der Waals surface area contributed by atoms with Crippen LogP contribution in [0.1, 0.15) is 111 Å². The van der Waals surface area contributed by atoms with Crippen molar-refractivity contribution in [3.05, 3.63) is 0 Å². The summed E-state index contributed by atoms with van der Waals surface area (Å²) in [5, 5.41) is 20.1. The Morgan fingerprint density at radius 2 is 1.15 bits per heavy atom. The van der Waals surface area contributed by atoms with Crippen LogP contribution < -0.4 is 34.7 Å². The minimum atomic E-state index is -2.34. The number of carboxylic acids is 1. The second kappa shape index (κ2) is 17.2. The van der Waals surface area contributed by atoms with Gasteiger partial charge in [0.1, 0.15) is 0 Å². The monoisotopic (exact) mass is 378 g/mol. The molecule has 1 N–H and O–H groups in total. The first-order chi connectivity index (χ1) is 11.8. The maximum atomic E-state index is 11.6. The Kier molecular flexibility index (Phi) is 18.7. The van der Waals surface area contributed by atoms with E-state index in [1.807, 2.05) is 0 Å². The van der Waals surface area contributed by atoms with Gasteiger partial charge in [0.2, 0.25) is 0 Å². The number of hydrogen-bond acceptors (Lipinski definition) is 4. The summed E-state index contributed by atoms with van der Waals surface area (Å²) < 4.78 is 0. The van der Waals surface area contributed by atoms with Crippen molar-refractivity contribution < 1.29 is 49.4 Å². The van der Waals surface area contributed by atoms with Crippen LogP contribution in [0, 0.1) is 5.92 Å². The zero-order chi connectivity index (χ0) is 19.1. The second-order valence-electron chi connectivity index (χ2n) is 7.96. The number of carboxylic acid groups (broad SMARTS) is 1. The Hall–Kier alpha value is 0.100. The van der Waals surface area contributed by atoms with Gasteiger partial charge in [0, 0.05) is 6.42 Å². The zero-order valence-electron chi connectivity index (χ0n) is 17.6. The van der Waals surface area contributed by atoms with Gasteiger partial charge in [-0.05, 0) is 19.3 Å². The van der Waals surface area contributed by atoms with Gasteiger partial charge in [0.05, 0.1) is 5.97 Å². The molecule has 0 aliphatic carbocycles. The molecule has 4 nitrogen and oxygen atoms in total. The van der Waals surface area contributed by atoms with Gasteiger partial charge >= 0.3 is 29.6 Å². The average molecular weight is 379 g/mol. The maximum Gasteiger partial charge on any atom is 1.00 e. The molecule has 0 saturated carbocycles. The van der Waals surface area contributed by atoms with Crippen molar-refractivity contribution in [3.63, 3.8) is 0 Å². The Balaban J connectivity index is 0. The molecule has 0 rings (SSSR count). The molecule has 0 amide bonds. The summed E-state index contributed by atoms with van der Waals surface area (Å²) in [6, 6.07) is 0. The molecule has 148 valence electrons.